The third-order valence-electron chi connectivity index (χ3n) is 3.01. The zero-order chi connectivity index (χ0) is 13.8. The maximum atomic E-state index is 12.1. The average Bonchev–Trinajstić information content (AvgIpc) is 2.43. The predicted octanol–water partition coefficient (Wildman–Crippen LogP) is -1.35. The first kappa shape index (κ1) is 13.6. The van der Waals surface area contributed by atoms with Crippen molar-refractivity contribution in [3.63, 3.8) is 0 Å². The summed E-state index contributed by atoms with van der Waals surface area (Å²) < 4.78 is 6.55. The molecule has 0 aromatic carbocycles. The normalized spacial score (nSPS) is 19.4. The Morgan fingerprint density at radius 3 is 3.05 bits per heavy atom. The minimum Gasteiger partial charge on any atom is -0.398 e. The van der Waals surface area contributed by atoms with E-state index in [4.69, 9.17) is 15.6 Å². The fraction of sp³-hybridized carbons (Fsp3) is 0.500. The van der Waals surface area contributed by atoms with Crippen LogP contribution in [0.5, 0.6) is 0 Å². The van der Waals surface area contributed by atoms with Gasteiger partial charge in [0.2, 0.25) is 5.91 Å². The second-order valence-corrected chi connectivity index (χ2v) is 4.44. The van der Waals surface area contributed by atoms with Crippen molar-refractivity contribution < 1.29 is 14.6 Å². The number of aliphatic hydroxyl groups is 1. The molecule has 7 nitrogen and oxygen atoms in total. The zero-order valence-corrected chi connectivity index (χ0v) is 10.5. The molecule has 1 amide bonds. The number of carbonyl (C=O) groups is 1. The Hall–Kier alpha value is -1.86. The van der Waals surface area contributed by atoms with Gasteiger partial charge in [-0.25, -0.2) is 0 Å². The van der Waals surface area contributed by atoms with Crippen molar-refractivity contribution in [1.82, 2.24) is 9.47 Å². The minimum atomic E-state index is -0.352. The molecule has 0 radical (unpaired) electrons. The molecule has 2 heterocycles. The van der Waals surface area contributed by atoms with Gasteiger partial charge >= 0.3 is 0 Å². The standard InChI is InChI=1S/C12H17N3O4/c13-9-1-2-11(17)15(5-9)7-12(18)14-3-4-19-10(6-14)8-16/h1-2,5,10,16H,3-4,6-8,13H2. The van der Waals surface area contributed by atoms with E-state index in [0.717, 1.165) is 0 Å². The molecule has 1 aliphatic heterocycles. The van der Waals surface area contributed by atoms with Gasteiger partial charge in [-0.3, -0.25) is 9.59 Å². The van der Waals surface area contributed by atoms with E-state index >= 15 is 0 Å². The number of amides is 1. The number of pyridine rings is 1. The number of hydrogen-bond acceptors (Lipinski definition) is 5. The van der Waals surface area contributed by atoms with Crippen LogP contribution in [0.4, 0.5) is 5.69 Å². The summed E-state index contributed by atoms with van der Waals surface area (Å²) in [5, 5.41) is 9.03. The summed E-state index contributed by atoms with van der Waals surface area (Å²) in [6.07, 6.45) is 1.10. The molecule has 1 aliphatic rings. The van der Waals surface area contributed by atoms with Crippen LogP contribution in [0.1, 0.15) is 0 Å². The first-order valence-corrected chi connectivity index (χ1v) is 6.06. The molecule has 0 aliphatic carbocycles. The van der Waals surface area contributed by atoms with Gasteiger partial charge in [0.25, 0.3) is 5.56 Å². The number of nitrogens with two attached hydrogens (primary N) is 1. The molecule has 2 rings (SSSR count). The molecule has 3 N–H and O–H groups in total. The Balaban J connectivity index is 2.04. The average molecular weight is 267 g/mol. The van der Waals surface area contributed by atoms with E-state index in [1.807, 2.05) is 0 Å². The van der Waals surface area contributed by atoms with Gasteiger partial charge in [-0.1, -0.05) is 0 Å². The largest absolute Gasteiger partial charge is 0.398 e. The number of morpholine rings is 1. The molecule has 1 unspecified atom stereocenters. The number of aliphatic hydroxyl groups excluding tert-OH is 1. The summed E-state index contributed by atoms with van der Waals surface area (Å²) in [5.41, 5.74) is 5.75. The van der Waals surface area contributed by atoms with Gasteiger partial charge in [0.15, 0.2) is 0 Å². The summed E-state index contributed by atoms with van der Waals surface area (Å²) in [4.78, 5) is 25.2. The molecule has 1 atom stereocenters. The molecule has 1 fully saturated rings. The van der Waals surface area contributed by atoms with E-state index in [1.54, 1.807) is 4.90 Å². The van der Waals surface area contributed by atoms with Crippen LogP contribution in [0, 0.1) is 0 Å². The van der Waals surface area contributed by atoms with Crippen molar-refractivity contribution in [2.75, 3.05) is 32.0 Å². The van der Waals surface area contributed by atoms with Crippen molar-refractivity contribution in [1.29, 1.82) is 0 Å². The van der Waals surface area contributed by atoms with Gasteiger partial charge in [0.05, 0.1) is 19.3 Å². The van der Waals surface area contributed by atoms with E-state index in [0.29, 0.717) is 25.4 Å². The fourth-order valence-corrected chi connectivity index (χ4v) is 1.98. The van der Waals surface area contributed by atoms with Crippen LogP contribution >= 0.6 is 0 Å². The van der Waals surface area contributed by atoms with Crippen LogP contribution in [-0.4, -0.2) is 52.9 Å². The number of nitrogens with zero attached hydrogens (tertiary/aromatic N) is 2. The molecule has 7 heteroatoms. The highest BCUT2D eigenvalue weighted by molar-refractivity contribution is 5.76. The number of rotatable bonds is 3. The predicted molar refractivity (Wildman–Crippen MR) is 68.5 cm³/mol. The summed E-state index contributed by atoms with van der Waals surface area (Å²) in [6.45, 7) is 1.02. The number of ether oxygens (including phenoxy) is 1. The van der Waals surface area contributed by atoms with Crippen LogP contribution in [-0.2, 0) is 16.1 Å². The lowest BCUT2D eigenvalue weighted by molar-refractivity contribution is -0.140. The second-order valence-electron chi connectivity index (χ2n) is 4.44. The third kappa shape index (κ3) is 3.33. The monoisotopic (exact) mass is 267 g/mol. The maximum Gasteiger partial charge on any atom is 0.251 e. The third-order valence-corrected chi connectivity index (χ3v) is 3.01. The van der Waals surface area contributed by atoms with Gasteiger partial charge < -0.3 is 25.0 Å². The minimum absolute atomic E-state index is 0.0535. The van der Waals surface area contributed by atoms with Crippen molar-refractivity contribution >= 4 is 11.6 Å². The highest BCUT2D eigenvalue weighted by Crippen LogP contribution is 2.06. The highest BCUT2D eigenvalue weighted by atomic mass is 16.5. The van der Waals surface area contributed by atoms with Gasteiger partial charge in [0.1, 0.15) is 6.54 Å². The highest BCUT2D eigenvalue weighted by Gasteiger charge is 2.23. The van der Waals surface area contributed by atoms with Gasteiger partial charge in [0, 0.05) is 31.0 Å². The van der Waals surface area contributed by atoms with Crippen LogP contribution in [0.2, 0.25) is 0 Å². The number of anilines is 1. The summed E-state index contributed by atoms with van der Waals surface area (Å²) in [5.74, 6) is -0.186. The molecular formula is C12H17N3O4. The van der Waals surface area contributed by atoms with Crippen molar-refractivity contribution in [3.05, 3.63) is 28.7 Å². The molecule has 0 saturated carbocycles. The fourth-order valence-electron chi connectivity index (χ4n) is 1.98. The lowest BCUT2D eigenvalue weighted by Gasteiger charge is -2.32. The Labute approximate surface area is 110 Å². The second kappa shape index (κ2) is 5.85. The molecule has 0 spiro atoms. The summed E-state index contributed by atoms with van der Waals surface area (Å²) in [6, 6.07) is 2.83. The molecule has 104 valence electrons. The van der Waals surface area contributed by atoms with E-state index in [1.165, 1.54) is 22.9 Å². The first-order chi connectivity index (χ1) is 9.10. The van der Waals surface area contributed by atoms with Gasteiger partial charge in [-0.15, -0.1) is 0 Å². The Morgan fingerprint density at radius 2 is 2.32 bits per heavy atom. The van der Waals surface area contributed by atoms with Crippen LogP contribution in [0.3, 0.4) is 0 Å². The Morgan fingerprint density at radius 1 is 1.53 bits per heavy atom. The number of nitrogen functional groups attached to an aromatic ring is 1. The topological polar surface area (TPSA) is 97.8 Å². The molecular weight excluding hydrogens is 250 g/mol. The number of aromatic nitrogens is 1. The Bertz CT molecular complexity index is 514. The van der Waals surface area contributed by atoms with Gasteiger partial charge in [-0.05, 0) is 6.07 Å². The molecule has 19 heavy (non-hydrogen) atoms. The van der Waals surface area contributed by atoms with Crippen LogP contribution < -0.4 is 11.3 Å². The van der Waals surface area contributed by atoms with E-state index in [9.17, 15) is 9.59 Å². The maximum absolute atomic E-state index is 12.1. The molecule has 1 saturated heterocycles. The summed E-state index contributed by atoms with van der Waals surface area (Å²) >= 11 is 0. The van der Waals surface area contributed by atoms with Crippen molar-refractivity contribution in [3.8, 4) is 0 Å². The lowest BCUT2D eigenvalue weighted by atomic mass is 10.3. The van der Waals surface area contributed by atoms with E-state index in [-0.39, 0.29) is 30.7 Å². The van der Waals surface area contributed by atoms with E-state index < -0.39 is 0 Å². The lowest BCUT2D eigenvalue weighted by Crippen LogP contribution is -2.48. The smallest absolute Gasteiger partial charge is 0.251 e. The van der Waals surface area contributed by atoms with Crippen LogP contribution in [0.25, 0.3) is 0 Å². The number of hydrogen-bond donors (Lipinski definition) is 2. The summed E-state index contributed by atoms with van der Waals surface area (Å²) in [7, 11) is 0. The van der Waals surface area contributed by atoms with Crippen molar-refractivity contribution in [2.24, 2.45) is 0 Å². The first-order valence-electron chi connectivity index (χ1n) is 6.06. The molecule has 0 bridgehead atoms. The Kier molecular flexibility index (Phi) is 4.18. The molecule has 1 aromatic heterocycles. The molecule has 1 aromatic rings. The van der Waals surface area contributed by atoms with Crippen molar-refractivity contribution in [2.45, 2.75) is 12.6 Å². The number of carbonyl (C=O) groups excluding carboxylic acids is 1. The quantitative estimate of drug-likeness (QED) is 0.705. The zero-order valence-electron chi connectivity index (χ0n) is 10.5. The SMILES string of the molecule is Nc1ccc(=O)n(CC(=O)N2CCOC(CO)C2)c1. The van der Waals surface area contributed by atoms with Gasteiger partial charge in [-0.2, -0.15) is 0 Å². The van der Waals surface area contributed by atoms with E-state index in [2.05, 4.69) is 0 Å². The van der Waals surface area contributed by atoms with Crippen LogP contribution in [0.15, 0.2) is 23.1 Å².